The molecule has 8 heavy (non-hydrogen) atoms. The fourth-order valence-electron chi connectivity index (χ4n) is 1.31. The van der Waals surface area contributed by atoms with Crippen LogP contribution >= 0.6 is 0 Å². The molecule has 0 nitrogen and oxygen atoms in total. The summed E-state index contributed by atoms with van der Waals surface area (Å²) in [7, 11) is 0. The Morgan fingerprint density at radius 2 is 1.50 bits per heavy atom. The zero-order chi connectivity index (χ0) is 5.11. The third-order valence-electron chi connectivity index (χ3n) is 1.89. The molecular formula is C7H16Be. The van der Waals surface area contributed by atoms with E-state index in [1.165, 1.54) is 32.1 Å². The molecule has 0 heterocycles. The van der Waals surface area contributed by atoms with Crippen LogP contribution in [0, 0.1) is 5.92 Å². The predicted molar refractivity (Wildman–Crippen MR) is 40.8 cm³/mol. The molecule has 0 aromatic carbocycles. The van der Waals surface area contributed by atoms with Gasteiger partial charge in [0.25, 0.3) is 0 Å². The fraction of sp³-hybridized carbons (Fsp3) is 1.00. The molecule has 0 radical (unpaired) electrons. The first kappa shape index (κ1) is 8.17. The molecule has 0 spiro atoms. The Morgan fingerprint density at radius 3 is 1.75 bits per heavy atom. The summed E-state index contributed by atoms with van der Waals surface area (Å²) in [6.45, 7) is 2.36. The van der Waals surface area contributed by atoms with Crippen LogP contribution in [0.4, 0.5) is 0 Å². The average molecular weight is 109 g/mol. The molecule has 1 aliphatic rings. The molecular weight excluding hydrogens is 93.1 g/mol. The van der Waals surface area contributed by atoms with Crippen LogP contribution in [0.3, 0.4) is 0 Å². The van der Waals surface area contributed by atoms with Gasteiger partial charge in [0.15, 0.2) is 0 Å². The van der Waals surface area contributed by atoms with Gasteiger partial charge < -0.3 is 0 Å². The van der Waals surface area contributed by atoms with Crippen LogP contribution in [-0.4, -0.2) is 10.1 Å². The molecule has 1 saturated carbocycles. The van der Waals surface area contributed by atoms with Crippen LogP contribution in [0.25, 0.3) is 0 Å². The third-order valence-corrected chi connectivity index (χ3v) is 1.89. The Labute approximate surface area is 55.9 Å². The molecule has 46 valence electrons. The van der Waals surface area contributed by atoms with E-state index >= 15 is 0 Å². The molecule has 1 aliphatic carbocycles. The van der Waals surface area contributed by atoms with E-state index in [0.717, 1.165) is 5.92 Å². The fourth-order valence-corrected chi connectivity index (χ4v) is 1.31. The Kier molecular flexibility index (Phi) is 4.17. The summed E-state index contributed by atoms with van der Waals surface area (Å²) in [5.41, 5.74) is 0. The van der Waals surface area contributed by atoms with E-state index < -0.39 is 0 Å². The normalized spacial score (nSPS) is 22.1. The summed E-state index contributed by atoms with van der Waals surface area (Å²) in [4.78, 5) is 0. The van der Waals surface area contributed by atoms with Crippen molar-refractivity contribution in [3.63, 3.8) is 0 Å². The van der Waals surface area contributed by atoms with E-state index in [1.54, 1.807) is 0 Å². The van der Waals surface area contributed by atoms with Crippen molar-refractivity contribution in [1.29, 1.82) is 0 Å². The summed E-state index contributed by atoms with van der Waals surface area (Å²) in [5, 5.41) is 0. The van der Waals surface area contributed by atoms with Gasteiger partial charge in [0.2, 0.25) is 0 Å². The molecule has 0 saturated heterocycles. The Hall–Kier alpha value is 0.169. The minimum absolute atomic E-state index is 0. The first-order valence-electron chi connectivity index (χ1n) is 3.39. The van der Waals surface area contributed by atoms with Crippen molar-refractivity contribution >= 4 is 10.1 Å². The average Bonchev–Trinajstić information content (AvgIpc) is 1.69. The van der Waals surface area contributed by atoms with Gasteiger partial charge >= 0.3 is 10.1 Å². The molecule has 0 amide bonds. The number of hydrogen-bond acceptors (Lipinski definition) is 0. The van der Waals surface area contributed by atoms with Crippen molar-refractivity contribution in [3.05, 3.63) is 0 Å². The second kappa shape index (κ2) is 4.09. The van der Waals surface area contributed by atoms with E-state index in [4.69, 9.17) is 0 Å². The van der Waals surface area contributed by atoms with E-state index in [9.17, 15) is 0 Å². The molecule has 0 atom stereocenters. The van der Waals surface area contributed by atoms with Crippen LogP contribution in [0.15, 0.2) is 0 Å². The molecule has 0 bridgehead atoms. The zero-order valence-corrected chi connectivity index (χ0v) is 5.11. The van der Waals surface area contributed by atoms with Crippen LogP contribution in [0.2, 0.25) is 0 Å². The predicted octanol–water partition coefficient (Wildman–Crippen LogP) is 1.67. The summed E-state index contributed by atoms with van der Waals surface area (Å²) < 4.78 is 0. The van der Waals surface area contributed by atoms with Crippen LogP contribution in [-0.2, 0) is 0 Å². The summed E-state index contributed by atoms with van der Waals surface area (Å²) in [6.07, 6.45) is 7.44. The summed E-state index contributed by atoms with van der Waals surface area (Å²) in [6, 6.07) is 0. The van der Waals surface area contributed by atoms with Crippen molar-refractivity contribution in [3.8, 4) is 0 Å². The van der Waals surface area contributed by atoms with E-state index in [-0.39, 0.29) is 10.1 Å². The van der Waals surface area contributed by atoms with Crippen molar-refractivity contribution in [2.75, 3.05) is 0 Å². The standard InChI is InChI=1S/C7H14.Be.2H/c1-7-5-3-2-4-6-7;;;/h7H,2-6H2,1H3;;;. The van der Waals surface area contributed by atoms with Crippen LogP contribution in [0.5, 0.6) is 0 Å². The molecule has 1 heteroatoms. The van der Waals surface area contributed by atoms with Gasteiger partial charge in [0.1, 0.15) is 0 Å². The van der Waals surface area contributed by atoms with Gasteiger partial charge in [-0.3, -0.25) is 0 Å². The van der Waals surface area contributed by atoms with Gasteiger partial charge in [-0.1, -0.05) is 39.0 Å². The summed E-state index contributed by atoms with van der Waals surface area (Å²) >= 11 is 0. The number of hydrogen-bond donors (Lipinski definition) is 0. The molecule has 1 rings (SSSR count). The minimum atomic E-state index is 0. The SMILES string of the molecule is CC1CCCCC1.[BeH2]. The first-order chi connectivity index (χ1) is 3.39. The van der Waals surface area contributed by atoms with Crippen molar-refractivity contribution in [1.82, 2.24) is 0 Å². The van der Waals surface area contributed by atoms with E-state index in [1.807, 2.05) is 0 Å². The molecule has 1 fully saturated rings. The van der Waals surface area contributed by atoms with Crippen molar-refractivity contribution < 1.29 is 0 Å². The van der Waals surface area contributed by atoms with Gasteiger partial charge in [0.05, 0.1) is 0 Å². The Balaban J connectivity index is 0.000000490. The molecule has 0 aromatic heterocycles. The van der Waals surface area contributed by atoms with Gasteiger partial charge in [-0.05, 0) is 5.92 Å². The molecule has 0 aliphatic heterocycles. The Morgan fingerprint density at radius 1 is 1.00 bits per heavy atom. The second-order valence-corrected chi connectivity index (χ2v) is 2.74. The monoisotopic (exact) mass is 109 g/mol. The topological polar surface area (TPSA) is 0 Å². The van der Waals surface area contributed by atoms with Crippen LogP contribution < -0.4 is 0 Å². The van der Waals surface area contributed by atoms with Crippen molar-refractivity contribution in [2.24, 2.45) is 5.92 Å². The summed E-state index contributed by atoms with van der Waals surface area (Å²) in [5.74, 6) is 1.04. The quantitative estimate of drug-likeness (QED) is 0.415. The third kappa shape index (κ3) is 2.47. The van der Waals surface area contributed by atoms with Gasteiger partial charge in [-0.15, -0.1) is 0 Å². The van der Waals surface area contributed by atoms with Gasteiger partial charge in [-0.25, -0.2) is 0 Å². The van der Waals surface area contributed by atoms with E-state index in [0.29, 0.717) is 0 Å². The number of rotatable bonds is 0. The first-order valence-corrected chi connectivity index (χ1v) is 3.39. The molecule has 0 aromatic rings. The molecule has 0 N–H and O–H groups in total. The van der Waals surface area contributed by atoms with Crippen LogP contribution in [0.1, 0.15) is 39.0 Å². The molecule has 0 unspecified atom stereocenters. The van der Waals surface area contributed by atoms with Gasteiger partial charge in [0, 0.05) is 0 Å². The Bertz CT molecular complexity index is 46.3. The van der Waals surface area contributed by atoms with E-state index in [2.05, 4.69) is 6.92 Å². The second-order valence-electron chi connectivity index (χ2n) is 2.74. The zero-order valence-electron chi connectivity index (χ0n) is 5.11. The van der Waals surface area contributed by atoms with Gasteiger partial charge in [-0.2, -0.15) is 0 Å². The van der Waals surface area contributed by atoms with Crippen molar-refractivity contribution in [2.45, 2.75) is 39.0 Å². The maximum atomic E-state index is 2.36. The maximum absolute atomic E-state index is 2.36.